The molecule has 33 heavy (non-hydrogen) atoms. The van der Waals surface area contributed by atoms with Gasteiger partial charge in [0.1, 0.15) is 12.2 Å². The summed E-state index contributed by atoms with van der Waals surface area (Å²) >= 11 is 1.43. The number of nitrogens with two attached hydrogens (primary N) is 1. The summed E-state index contributed by atoms with van der Waals surface area (Å²) in [5.41, 5.74) is 7.27. The van der Waals surface area contributed by atoms with E-state index in [2.05, 4.69) is 15.0 Å². The molecule has 1 unspecified atom stereocenters. The van der Waals surface area contributed by atoms with E-state index in [1.807, 2.05) is 0 Å². The highest BCUT2D eigenvalue weighted by Gasteiger charge is 2.24. The first kappa shape index (κ1) is 23.0. The van der Waals surface area contributed by atoms with E-state index in [0.29, 0.717) is 22.8 Å². The summed E-state index contributed by atoms with van der Waals surface area (Å²) in [4.78, 5) is 31.0. The van der Waals surface area contributed by atoms with E-state index < -0.39 is 15.6 Å². The lowest BCUT2D eigenvalue weighted by Gasteiger charge is -2.23. The molecule has 11 heteroatoms. The average molecular weight is 488 g/mol. The Kier molecular flexibility index (Phi) is 6.52. The highest BCUT2D eigenvalue weighted by Crippen LogP contribution is 2.28. The van der Waals surface area contributed by atoms with Crippen molar-refractivity contribution in [2.75, 3.05) is 10.5 Å². The molecule has 0 spiro atoms. The highest BCUT2D eigenvalue weighted by atomic mass is 32.2. The molecule has 4 N–H and O–H groups in total. The maximum atomic E-state index is 12.9. The number of rotatable bonds is 7. The Morgan fingerprint density at radius 2 is 2.00 bits per heavy atom. The second kappa shape index (κ2) is 9.36. The maximum absolute atomic E-state index is 12.9. The van der Waals surface area contributed by atoms with Gasteiger partial charge >= 0.3 is 0 Å². The van der Waals surface area contributed by atoms with E-state index in [1.165, 1.54) is 22.0 Å². The van der Waals surface area contributed by atoms with Gasteiger partial charge in [-0.25, -0.2) is 13.4 Å². The first-order valence-electron chi connectivity index (χ1n) is 10.5. The van der Waals surface area contributed by atoms with Crippen LogP contribution >= 0.6 is 11.3 Å². The first-order valence-corrected chi connectivity index (χ1v) is 13.0. The van der Waals surface area contributed by atoms with Gasteiger partial charge in [-0.3, -0.25) is 14.3 Å². The van der Waals surface area contributed by atoms with Crippen molar-refractivity contribution >= 4 is 38.1 Å². The Labute approximate surface area is 195 Å². The van der Waals surface area contributed by atoms with Crippen molar-refractivity contribution in [3.05, 3.63) is 74.6 Å². The molecular formula is C22H25N5O4S2. The van der Waals surface area contributed by atoms with Gasteiger partial charge in [-0.1, -0.05) is 30.3 Å². The number of hydrogen-bond donors (Lipinski definition) is 3. The molecule has 174 valence electrons. The number of benzene rings is 1. The first-order chi connectivity index (χ1) is 15.7. The van der Waals surface area contributed by atoms with Crippen LogP contribution in [-0.4, -0.2) is 29.9 Å². The van der Waals surface area contributed by atoms with E-state index in [0.717, 1.165) is 23.4 Å². The zero-order chi connectivity index (χ0) is 23.6. The van der Waals surface area contributed by atoms with E-state index >= 15 is 0 Å². The number of thiazole rings is 1. The number of carbonyl (C=O) groups is 1. The summed E-state index contributed by atoms with van der Waals surface area (Å²) in [5.74, 6) is -0.566. The molecule has 0 bridgehead atoms. The lowest BCUT2D eigenvalue weighted by molar-refractivity contribution is -0.122. The predicted octanol–water partition coefficient (Wildman–Crippen LogP) is 1.81. The number of amides is 1. The van der Waals surface area contributed by atoms with E-state index in [9.17, 15) is 18.0 Å². The molecule has 4 rings (SSSR count). The number of nitrogens with zero attached hydrogens (tertiary/aromatic N) is 2. The molecule has 1 aliphatic carbocycles. The van der Waals surface area contributed by atoms with Crippen molar-refractivity contribution in [1.29, 1.82) is 0 Å². The molecular weight excluding hydrogens is 462 g/mol. The quantitative estimate of drug-likeness (QED) is 0.465. The summed E-state index contributed by atoms with van der Waals surface area (Å²) in [6, 6.07) is 11.7. The predicted molar refractivity (Wildman–Crippen MR) is 129 cm³/mol. The molecule has 0 saturated heterocycles. The highest BCUT2D eigenvalue weighted by molar-refractivity contribution is 7.91. The van der Waals surface area contributed by atoms with Gasteiger partial charge in [0, 0.05) is 23.0 Å². The van der Waals surface area contributed by atoms with Gasteiger partial charge in [0.25, 0.3) is 5.56 Å². The minimum Gasteiger partial charge on any atom is -0.375 e. The van der Waals surface area contributed by atoms with Gasteiger partial charge < -0.3 is 15.6 Å². The van der Waals surface area contributed by atoms with Crippen LogP contribution in [0, 0.1) is 6.92 Å². The van der Waals surface area contributed by atoms with Crippen molar-refractivity contribution < 1.29 is 13.2 Å². The van der Waals surface area contributed by atoms with Gasteiger partial charge in [0.15, 0.2) is 5.13 Å². The van der Waals surface area contributed by atoms with Crippen molar-refractivity contribution in [3.8, 4) is 0 Å². The van der Waals surface area contributed by atoms with Crippen LogP contribution in [-0.2, 0) is 40.0 Å². The second-order valence-electron chi connectivity index (χ2n) is 8.06. The normalized spacial score (nSPS) is 15.6. The third-order valence-electron chi connectivity index (χ3n) is 5.48. The molecule has 1 amide bonds. The number of carbonyl (C=O) groups excluding carboxylic acids is 1. The SMILES string of the molecule is Cc1ccc(NS(=O)(=O)Cc2ccccc2)c(=O)n1CC(=O)NC1CCc2nc(N)sc2C1. The number of sulfonamides is 1. The number of aromatic nitrogens is 2. The maximum Gasteiger partial charge on any atom is 0.275 e. The fraction of sp³-hybridized carbons (Fsp3) is 0.318. The Hall–Kier alpha value is -3.18. The van der Waals surface area contributed by atoms with Gasteiger partial charge in [-0.15, -0.1) is 11.3 Å². The van der Waals surface area contributed by atoms with Gasteiger partial charge in [-0.05, 0) is 37.5 Å². The molecule has 9 nitrogen and oxygen atoms in total. The third kappa shape index (κ3) is 5.60. The minimum atomic E-state index is -3.80. The fourth-order valence-corrected chi connectivity index (χ4v) is 6.03. The van der Waals surface area contributed by atoms with E-state index in [4.69, 9.17) is 5.73 Å². The molecule has 0 radical (unpaired) electrons. The summed E-state index contributed by atoms with van der Waals surface area (Å²) < 4.78 is 28.7. The molecule has 2 heterocycles. The van der Waals surface area contributed by atoms with Crippen molar-refractivity contribution in [2.24, 2.45) is 0 Å². The lowest BCUT2D eigenvalue weighted by atomic mass is 9.98. The molecule has 0 aliphatic heterocycles. The molecule has 1 atom stereocenters. The zero-order valence-electron chi connectivity index (χ0n) is 18.1. The minimum absolute atomic E-state index is 0.0617. The number of nitrogens with one attached hydrogen (secondary N) is 2. The molecule has 2 aromatic heterocycles. The van der Waals surface area contributed by atoms with Crippen molar-refractivity contribution in [1.82, 2.24) is 14.9 Å². The molecule has 1 aromatic carbocycles. The topological polar surface area (TPSA) is 136 Å². The van der Waals surface area contributed by atoms with Crippen LogP contribution in [0.2, 0.25) is 0 Å². The summed E-state index contributed by atoms with van der Waals surface area (Å²) in [6.45, 7) is 1.50. The lowest BCUT2D eigenvalue weighted by Crippen LogP contribution is -2.42. The number of hydrogen-bond acceptors (Lipinski definition) is 7. The second-order valence-corrected chi connectivity index (χ2v) is 10.9. The molecule has 0 fully saturated rings. The van der Waals surface area contributed by atoms with Crippen LogP contribution in [0.1, 0.15) is 28.2 Å². The standard InChI is InChI=1S/C22H25N5O4S2/c1-14-7-9-18(26-33(30,31)13-15-5-3-2-4-6-15)21(29)27(14)12-20(28)24-16-8-10-17-19(11-16)32-22(23)25-17/h2-7,9,16,26H,8,10-13H2,1H3,(H2,23,25)(H,24,28). The van der Waals surface area contributed by atoms with Crippen molar-refractivity contribution in [3.63, 3.8) is 0 Å². The van der Waals surface area contributed by atoms with Gasteiger partial charge in [0.2, 0.25) is 15.9 Å². The smallest absolute Gasteiger partial charge is 0.275 e. The summed E-state index contributed by atoms with van der Waals surface area (Å²) in [6.07, 6.45) is 2.14. The Bertz CT molecular complexity index is 1330. The fourth-order valence-electron chi connectivity index (χ4n) is 3.88. The zero-order valence-corrected chi connectivity index (χ0v) is 19.7. The number of nitrogen functional groups attached to an aromatic ring is 1. The monoisotopic (exact) mass is 487 g/mol. The van der Waals surface area contributed by atoms with Crippen LogP contribution < -0.4 is 21.3 Å². The number of pyridine rings is 1. The van der Waals surface area contributed by atoms with Crippen LogP contribution in [0.3, 0.4) is 0 Å². The number of anilines is 2. The van der Waals surface area contributed by atoms with Crippen LogP contribution in [0.5, 0.6) is 0 Å². The largest absolute Gasteiger partial charge is 0.375 e. The van der Waals surface area contributed by atoms with E-state index in [-0.39, 0.29) is 29.9 Å². The van der Waals surface area contributed by atoms with Crippen LogP contribution in [0.4, 0.5) is 10.8 Å². The van der Waals surface area contributed by atoms with Crippen LogP contribution in [0.15, 0.2) is 47.3 Å². The number of fused-ring (bicyclic) bond motifs is 1. The number of aryl methyl sites for hydroxylation is 2. The van der Waals surface area contributed by atoms with Gasteiger partial charge in [0.05, 0.1) is 11.4 Å². The summed E-state index contributed by atoms with van der Waals surface area (Å²) in [5, 5.41) is 3.50. The Balaban J connectivity index is 1.44. The third-order valence-corrected chi connectivity index (χ3v) is 7.67. The van der Waals surface area contributed by atoms with Crippen LogP contribution in [0.25, 0.3) is 0 Å². The van der Waals surface area contributed by atoms with Gasteiger partial charge in [-0.2, -0.15) is 0 Å². The molecule has 0 saturated carbocycles. The summed E-state index contributed by atoms with van der Waals surface area (Å²) in [7, 11) is -3.80. The average Bonchev–Trinajstić information content (AvgIpc) is 3.13. The Morgan fingerprint density at radius 1 is 1.24 bits per heavy atom. The van der Waals surface area contributed by atoms with Crippen molar-refractivity contribution in [2.45, 2.75) is 44.5 Å². The molecule has 3 aromatic rings. The Morgan fingerprint density at radius 3 is 2.76 bits per heavy atom. The molecule has 1 aliphatic rings. The van der Waals surface area contributed by atoms with E-state index in [1.54, 1.807) is 43.3 Å².